The van der Waals surface area contributed by atoms with E-state index in [0.29, 0.717) is 11.3 Å². The van der Waals surface area contributed by atoms with Gasteiger partial charge in [-0.15, -0.1) is 0 Å². The molecule has 0 N–H and O–H groups in total. The van der Waals surface area contributed by atoms with Crippen LogP contribution in [0.25, 0.3) is 16.6 Å². The van der Waals surface area contributed by atoms with Crippen LogP contribution in [0.3, 0.4) is 0 Å². The lowest BCUT2D eigenvalue weighted by molar-refractivity contribution is -0.144. The molecular weight excluding hydrogens is 368 g/mol. The minimum absolute atomic E-state index is 0.0381. The van der Waals surface area contributed by atoms with Gasteiger partial charge in [0, 0.05) is 23.2 Å². The first-order chi connectivity index (χ1) is 14.1. The van der Waals surface area contributed by atoms with E-state index in [4.69, 9.17) is 9.15 Å². The zero-order chi connectivity index (χ0) is 20.0. The van der Waals surface area contributed by atoms with Gasteiger partial charge in [-0.05, 0) is 61.1 Å². The highest BCUT2D eigenvalue weighted by molar-refractivity contribution is 5.87. The lowest BCUT2D eigenvalue weighted by Crippen LogP contribution is -2.17. The highest BCUT2D eigenvalue weighted by Crippen LogP contribution is 2.30. The van der Waals surface area contributed by atoms with Crippen molar-refractivity contribution in [3.63, 3.8) is 0 Å². The van der Waals surface area contributed by atoms with E-state index in [0.717, 1.165) is 41.4 Å². The molecule has 0 fully saturated rings. The summed E-state index contributed by atoms with van der Waals surface area (Å²) in [5.41, 5.74) is 6.05. The molecule has 0 bridgehead atoms. The summed E-state index contributed by atoms with van der Waals surface area (Å²) in [7, 11) is 0. The van der Waals surface area contributed by atoms with Crippen LogP contribution in [-0.2, 0) is 35.4 Å². The Hall–Kier alpha value is -3.41. The highest BCUT2D eigenvalue weighted by Gasteiger charge is 2.17. The number of pyridine rings is 1. The summed E-state index contributed by atoms with van der Waals surface area (Å²) in [5, 5.41) is 0.972. The number of carbonyl (C=O) groups excluding carboxylic acids is 1. The van der Waals surface area contributed by atoms with E-state index in [1.165, 1.54) is 21.6 Å². The molecule has 29 heavy (non-hydrogen) atoms. The Bertz CT molecular complexity index is 1320. The minimum atomic E-state index is -0.376. The van der Waals surface area contributed by atoms with Gasteiger partial charge in [0.05, 0.1) is 18.4 Å². The monoisotopic (exact) mass is 388 g/mol. The molecule has 0 amide bonds. The maximum Gasteiger partial charge on any atom is 0.310 e. The van der Waals surface area contributed by atoms with E-state index in [2.05, 4.69) is 17.1 Å². The third-order valence-corrected chi connectivity index (χ3v) is 5.44. The standard InChI is InChI=1S/C23H20N2O4/c1-14-5-6-21-24-18(10-22(26)25(21)11-14)13-29-23(27)9-17-12-28-20-8-16-4-2-3-15(16)7-19(17)20/h5-8,10-12H,2-4,9,13H2,1H3. The fourth-order valence-electron chi connectivity index (χ4n) is 3.98. The van der Waals surface area contributed by atoms with Crippen molar-refractivity contribution >= 4 is 22.6 Å². The molecule has 6 nitrogen and oxygen atoms in total. The molecule has 5 rings (SSSR count). The Morgan fingerprint density at radius 1 is 1.21 bits per heavy atom. The van der Waals surface area contributed by atoms with Crippen LogP contribution >= 0.6 is 0 Å². The first-order valence-corrected chi connectivity index (χ1v) is 9.73. The number of furan rings is 1. The maximum absolute atomic E-state index is 12.4. The van der Waals surface area contributed by atoms with E-state index in [-0.39, 0.29) is 24.6 Å². The summed E-state index contributed by atoms with van der Waals surface area (Å²) in [6.07, 6.45) is 6.81. The Kier molecular flexibility index (Phi) is 4.19. The number of aryl methyl sites for hydroxylation is 3. The van der Waals surface area contributed by atoms with Crippen molar-refractivity contribution in [1.82, 2.24) is 9.38 Å². The lowest BCUT2D eigenvalue weighted by Gasteiger charge is -2.06. The van der Waals surface area contributed by atoms with Crippen molar-refractivity contribution in [3.8, 4) is 0 Å². The van der Waals surface area contributed by atoms with Gasteiger partial charge < -0.3 is 9.15 Å². The molecule has 3 aromatic heterocycles. The zero-order valence-electron chi connectivity index (χ0n) is 16.1. The number of benzene rings is 1. The van der Waals surface area contributed by atoms with Crippen molar-refractivity contribution < 1.29 is 13.9 Å². The Balaban J connectivity index is 1.31. The van der Waals surface area contributed by atoms with Crippen LogP contribution in [0, 0.1) is 6.92 Å². The van der Waals surface area contributed by atoms with E-state index < -0.39 is 0 Å². The molecule has 0 saturated heterocycles. The SMILES string of the molecule is Cc1ccc2nc(COC(=O)Cc3coc4cc5c(cc34)CCC5)cc(=O)n2c1. The molecule has 0 saturated carbocycles. The van der Waals surface area contributed by atoms with E-state index >= 15 is 0 Å². The average molecular weight is 388 g/mol. The highest BCUT2D eigenvalue weighted by atomic mass is 16.5. The zero-order valence-corrected chi connectivity index (χ0v) is 16.1. The van der Waals surface area contributed by atoms with Crippen LogP contribution in [0.4, 0.5) is 0 Å². The Morgan fingerprint density at radius 3 is 2.90 bits per heavy atom. The number of hydrogen-bond acceptors (Lipinski definition) is 5. The topological polar surface area (TPSA) is 73.8 Å². The Labute approximate surface area is 166 Å². The molecule has 3 heterocycles. The van der Waals surface area contributed by atoms with E-state index in [9.17, 15) is 9.59 Å². The van der Waals surface area contributed by atoms with Gasteiger partial charge in [0.2, 0.25) is 0 Å². The van der Waals surface area contributed by atoms with Gasteiger partial charge in [-0.3, -0.25) is 14.0 Å². The maximum atomic E-state index is 12.4. The summed E-state index contributed by atoms with van der Waals surface area (Å²) >= 11 is 0. The van der Waals surface area contributed by atoms with E-state index in [1.54, 1.807) is 18.5 Å². The number of hydrogen-bond donors (Lipinski definition) is 0. The van der Waals surface area contributed by atoms with Crippen LogP contribution in [0.2, 0.25) is 0 Å². The van der Waals surface area contributed by atoms with Gasteiger partial charge in [0.25, 0.3) is 5.56 Å². The van der Waals surface area contributed by atoms with Gasteiger partial charge in [-0.2, -0.15) is 0 Å². The van der Waals surface area contributed by atoms with Crippen molar-refractivity contribution in [3.05, 3.63) is 81.1 Å². The van der Waals surface area contributed by atoms with Crippen molar-refractivity contribution in [2.75, 3.05) is 0 Å². The molecule has 0 atom stereocenters. The first kappa shape index (κ1) is 17.7. The lowest BCUT2D eigenvalue weighted by atomic mass is 10.0. The smallest absolute Gasteiger partial charge is 0.310 e. The van der Waals surface area contributed by atoms with Crippen LogP contribution in [0.1, 0.15) is 34.4 Å². The summed E-state index contributed by atoms with van der Waals surface area (Å²) in [4.78, 5) is 29.0. The van der Waals surface area contributed by atoms with Crippen molar-refractivity contribution in [1.29, 1.82) is 0 Å². The fourth-order valence-corrected chi connectivity index (χ4v) is 3.98. The van der Waals surface area contributed by atoms with Crippen LogP contribution in [0.15, 0.2) is 52.0 Å². The van der Waals surface area contributed by atoms with Gasteiger partial charge >= 0.3 is 5.97 Å². The number of carbonyl (C=O) groups is 1. The number of esters is 1. The normalized spacial score (nSPS) is 13.1. The predicted octanol–water partition coefficient (Wildman–Crippen LogP) is 3.52. The molecule has 6 heteroatoms. The third kappa shape index (κ3) is 3.31. The second-order valence-electron chi connectivity index (χ2n) is 7.59. The average Bonchev–Trinajstić information content (AvgIpc) is 3.32. The summed E-state index contributed by atoms with van der Waals surface area (Å²) in [6, 6.07) is 9.28. The molecule has 0 unspecified atom stereocenters. The molecular formula is C23H20N2O4. The molecule has 0 aliphatic heterocycles. The molecule has 0 radical (unpaired) electrons. The van der Waals surface area contributed by atoms with Gasteiger partial charge in [0.15, 0.2) is 0 Å². The van der Waals surface area contributed by atoms with Gasteiger partial charge in [0.1, 0.15) is 17.8 Å². The third-order valence-electron chi connectivity index (χ3n) is 5.44. The molecule has 1 aromatic carbocycles. The molecule has 146 valence electrons. The molecule has 4 aromatic rings. The summed E-state index contributed by atoms with van der Waals surface area (Å²) < 4.78 is 12.5. The van der Waals surface area contributed by atoms with Gasteiger partial charge in [-0.1, -0.05) is 6.07 Å². The van der Waals surface area contributed by atoms with Gasteiger partial charge in [-0.25, -0.2) is 4.98 Å². The first-order valence-electron chi connectivity index (χ1n) is 9.73. The largest absolute Gasteiger partial charge is 0.464 e. The van der Waals surface area contributed by atoms with Crippen LogP contribution in [-0.4, -0.2) is 15.4 Å². The molecule has 1 aliphatic carbocycles. The predicted molar refractivity (Wildman–Crippen MR) is 108 cm³/mol. The molecule has 1 aliphatic rings. The number of aromatic nitrogens is 2. The summed E-state index contributed by atoms with van der Waals surface area (Å²) in [5.74, 6) is -0.376. The van der Waals surface area contributed by atoms with Crippen molar-refractivity contribution in [2.24, 2.45) is 0 Å². The number of nitrogens with zero attached hydrogens (tertiary/aromatic N) is 2. The molecule has 0 spiro atoms. The second kappa shape index (κ2) is 6.88. The number of rotatable bonds is 4. The van der Waals surface area contributed by atoms with Crippen LogP contribution < -0.4 is 5.56 Å². The summed E-state index contributed by atoms with van der Waals surface area (Å²) in [6.45, 7) is 1.87. The minimum Gasteiger partial charge on any atom is -0.464 e. The van der Waals surface area contributed by atoms with Crippen LogP contribution in [0.5, 0.6) is 0 Å². The number of ether oxygens (including phenoxy) is 1. The fraction of sp³-hybridized carbons (Fsp3) is 0.261. The Morgan fingerprint density at radius 2 is 2.03 bits per heavy atom. The number of fused-ring (bicyclic) bond motifs is 3. The second-order valence-corrected chi connectivity index (χ2v) is 7.59. The van der Waals surface area contributed by atoms with E-state index in [1.807, 2.05) is 13.0 Å². The van der Waals surface area contributed by atoms with Crippen molar-refractivity contribution in [2.45, 2.75) is 39.2 Å². The quantitative estimate of drug-likeness (QED) is 0.500.